The van der Waals surface area contributed by atoms with Crippen molar-refractivity contribution in [1.29, 1.82) is 0 Å². The minimum absolute atomic E-state index is 0.00190. The van der Waals surface area contributed by atoms with Crippen LogP contribution in [-0.4, -0.2) is 261 Å². The lowest BCUT2D eigenvalue weighted by Crippen LogP contribution is -2.65. The highest BCUT2D eigenvalue weighted by molar-refractivity contribution is 6.21. The molecule has 0 aromatic carbocycles. The van der Waals surface area contributed by atoms with Crippen LogP contribution in [0.4, 0.5) is 13.2 Å². The maximum Gasteiger partial charge on any atom is 0.393 e. The van der Waals surface area contributed by atoms with Gasteiger partial charge in [0, 0.05) is 73.8 Å². The van der Waals surface area contributed by atoms with Crippen molar-refractivity contribution in [3.05, 3.63) is 0 Å². The topological polar surface area (TPSA) is 270 Å². The van der Waals surface area contributed by atoms with E-state index in [-0.39, 0.29) is 95.6 Å². The second-order valence-electron chi connectivity index (χ2n) is 29.8. The number of piperidine rings is 1. The summed E-state index contributed by atoms with van der Waals surface area (Å²) in [6.45, 7) is 14.7. The van der Waals surface area contributed by atoms with Gasteiger partial charge in [0.15, 0.2) is 0 Å². The Labute approximate surface area is 583 Å². The van der Waals surface area contributed by atoms with E-state index in [1.54, 1.807) is 25.7 Å². The van der Waals surface area contributed by atoms with Crippen LogP contribution in [0.5, 0.6) is 0 Å². The Morgan fingerprint density at radius 2 is 1.27 bits per heavy atom. The fraction of sp³-hybridized carbons (Fsp3) is 0.829. The van der Waals surface area contributed by atoms with Crippen molar-refractivity contribution in [3.63, 3.8) is 0 Å². The van der Waals surface area contributed by atoms with Crippen LogP contribution in [0.1, 0.15) is 197 Å². The molecule has 12 amide bonds. The molecule has 3 N–H and O–H groups in total. The Bertz CT molecular complexity index is 2860. The van der Waals surface area contributed by atoms with E-state index in [1.807, 2.05) is 27.7 Å². The first-order chi connectivity index (χ1) is 46.0. The van der Waals surface area contributed by atoms with Crippen LogP contribution in [0, 0.1) is 29.6 Å². The van der Waals surface area contributed by atoms with Crippen molar-refractivity contribution in [2.75, 3.05) is 75.0 Å². The Hall–Kier alpha value is -6.28. The van der Waals surface area contributed by atoms with Gasteiger partial charge in [0.25, 0.3) is 0 Å². The first-order valence-electron chi connectivity index (χ1n) is 36.1. The Morgan fingerprint density at radius 3 is 1.84 bits per heavy atom. The number of unbranched alkanes of at least 4 members (excludes halogenated alkanes) is 2. The lowest BCUT2D eigenvalue weighted by Gasteiger charge is -2.45. The molecule has 4 heterocycles. The van der Waals surface area contributed by atoms with E-state index in [0.29, 0.717) is 64.5 Å². The smallest absolute Gasteiger partial charge is 0.343 e. The molecule has 24 nitrogen and oxygen atoms in total. The van der Waals surface area contributed by atoms with Gasteiger partial charge in [0.2, 0.25) is 70.9 Å². The van der Waals surface area contributed by atoms with Gasteiger partial charge < -0.3 is 60.0 Å². The maximum absolute atomic E-state index is 15.4. The molecule has 4 saturated heterocycles. The molecule has 98 heavy (non-hydrogen) atoms. The standard InChI is InChI=1S/C70H114ClF3N12O12/c1-15-17-19-25-51-63(93)78(9)41-55(87)75-49(30-28-46-27-29-47(48(71)39-46)70(72,73)74)62(92)85-36-24-26-50(85)60(90)77-69(32-20-21-33-69)68(98)83(14)58(43(5)6)67(97)82(13)54(65(95)84-34-22-18-23-35-84)40-56(88)80(11)53(38-42(3)4)59(89)76-57(44(7)16-2)66(96)79(10)45(8)61(91)86-37-31-52(86)64(94)81(51)12/h42-54,57-58H,15-41H2,1-14H3,(H,75,87)(H,76,89)(H,77,90)/t44-,45-,46?,47?,48?,49-,50-,51-,52-,53-,54-,57-,58-/m0/s1. The number of hydrogen-bond donors (Lipinski definition) is 3. The average Bonchev–Trinajstić information content (AvgIpc) is 0.932. The molecule has 0 bridgehead atoms. The number of amides is 12. The normalized spacial score (nSPS) is 30.2. The highest BCUT2D eigenvalue weighted by Gasteiger charge is 2.52. The number of hydrogen-bond acceptors (Lipinski definition) is 12. The zero-order chi connectivity index (χ0) is 73.0. The van der Waals surface area contributed by atoms with Crippen molar-refractivity contribution in [1.82, 2.24) is 60.0 Å². The van der Waals surface area contributed by atoms with E-state index >= 15 is 19.2 Å². The van der Waals surface area contributed by atoms with Gasteiger partial charge in [0.1, 0.15) is 59.9 Å². The van der Waals surface area contributed by atoms with Gasteiger partial charge in [0.05, 0.1) is 18.9 Å². The number of halogens is 4. The number of likely N-dealkylation sites (N-methyl/N-ethyl adjacent to an activating group) is 6. The van der Waals surface area contributed by atoms with E-state index in [4.69, 9.17) is 11.6 Å². The van der Waals surface area contributed by atoms with Gasteiger partial charge in [-0.1, -0.05) is 87.0 Å². The van der Waals surface area contributed by atoms with Gasteiger partial charge in [-0.2, -0.15) is 13.2 Å². The molecule has 28 heteroatoms. The van der Waals surface area contributed by atoms with Crippen molar-refractivity contribution < 1.29 is 70.7 Å². The highest BCUT2D eigenvalue weighted by Crippen LogP contribution is 2.44. The first-order valence-corrected chi connectivity index (χ1v) is 36.6. The maximum atomic E-state index is 15.4. The van der Waals surface area contributed by atoms with Crippen LogP contribution < -0.4 is 16.0 Å². The van der Waals surface area contributed by atoms with Gasteiger partial charge in [-0.3, -0.25) is 57.5 Å². The molecular formula is C70H114ClF3N12O12. The fourth-order valence-corrected chi connectivity index (χ4v) is 15.9. The molecule has 13 atom stereocenters. The molecule has 0 radical (unpaired) electrons. The minimum atomic E-state index is -4.51. The van der Waals surface area contributed by atoms with Crippen molar-refractivity contribution in [2.24, 2.45) is 29.6 Å². The number of nitrogens with one attached hydrogen (secondary N) is 3. The summed E-state index contributed by atoms with van der Waals surface area (Å²) in [6, 6.07) is -10.8. The molecular weight excluding hydrogens is 1290 g/mol. The number of rotatable bonds is 13. The third-order valence-corrected chi connectivity index (χ3v) is 22.6. The summed E-state index contributed by atoms with van der Waals surface area (Å²) < 4.78 is 41.9. The number of carbonyl (C=O) groups is 12. The van der Waals surface area contributed by atoms with Crippen molar-refractivity contribution in [2.45, 2.75) is 268 Å². The number of carbonyl (C=O) groups excluding carboxylic acids is 12. The third kappa shape index (κ3) is 19.2. The third-order valence-electron chi connectivity index (χ3n) is 22.1. The molecule has 554 valence electrons. The van der Waals surface area contributed by atoms with E-state index < -0.39 is 173 Å². The van der Waals surface area contributed by atoms with E-state index in [9.17, 15) is 51.5 Å². The summed E-state index contributed by atoms with van der Waals surface area (Å²) in [5.74, 6) is -10.8. The lowest BCUT2D eigenvalue weighted by molar-refractivity contribution is -0.182. The van der Waals surface area contributed by atoms with Crippen LogP contribution in [0.3, 0.4) is 0 Å². The Kier molecular flexibility index (Phi) is 29.1. The number of nitrogens with zero attached hydrogens (tertiary/aromatic N) is 9. The molecule has 0 aromatic rings. The molecule has 6 fully saturated rings. The summed E-state index contributed by atoms with van der Waals surface area (Å²) in [4.78, 5) is 191. The minimum Gasteiger partial charge on any atom is -0.343 e. The Morgan fingerprint density at radius 1 is 0.622 bits per heavy atom. The second kappa shape index (κ2) is 35.4. The zero-order valence-corrected chi connectivity index (χ0v) is 61.4. The van der Waals surface area contributed by atoms with E-state index in [1.165, 1.54) is 83.5 Å². The molecule has 2 aliphatic carbocycles. The molecule has 1 spiro atoms. The molecule has 6 rings (SSSR count). The highest BCUT2D eigenvalue weighted by atomic mass is 35.5. The summed E-state index contributed by atoms with van der Waals surface area (Å²) in [5.41, 5.74) is -1.56. The monoisotopic (exact) mass is 1410 g/mol. The number of likely N-dealkylation sites (tertiary alicyclic amines) is 1. The van der Waals surface area contributed by atoms with Gasteiger partial charge >= 0.3 is 6.18 Å². The van der Waals surface area contributed by atoms with E-state index in [0.717, 1.165) is 17.7 Å². The number of alkyl halides is 4. The van der Waals surface area contributed by atoms with Crippen LogP contribution in [-0.2, 0) is 57.5 Å². The summed E-state index contributed by atoms with van der Waals surface area (Å²) in [6.07, 6.45) is 2.03. The summed E-state index contributed by atoms with van der Waals surface area (Å²) >= 11 is 6.38. The predicted octanol–water partition coefficient (Wildman–Crippen LogP) is 5.70. The summed E-state index contributed by atoms with van der Waals surface area (Å²) in [5, 5.41) is 7.56. The SMILES string of the molecule is CCCCC[C@H]1C(=O)N(C)CC(=O)N[C@@H](CCC2CCC(C(F)(F)F)C(Cl)C2)C(=O)N2CCC[C@H]2C(=O)NC2(CCCC2)C(=O)N(C)[C@@H](C(C)C)C(=O)N(C)[C@H](C(=O)N2CCCCC2)CC(=O)N(C)[C@@H](CC(C)C)C(=O)N[C@@H]([C@@H](C)CC)C(=O)N(C)[C@@H](C)C(=O)N2CC[C@H]2C(=O)N1C. The van der Waals surface area contributed by atoms with Crippen LogP contribution >= 0.6 is 11.6 Å². The van der Waals surface area contributed by atoms with Crippen LogP contribution in [0.2, 0.25) is 0 Å². The zero-order valence-electron chi connectivity index (χ0n) is 60.7. The molecule has 0 aromatic heterocycles. The van der Waals surface area contributed by atoms with E-state index in [2.05, 4.69) is 16.0 Å². The quantitative estimate of drug-likeness (QED) is 0.148. The van der Waals surface area contributed by atoms with Gasteiger partial charge in [-0.05, 0) is 127 Å². The largest absolute Gasteiger partial charge is 0.393 e. The van der Waals surface area contributed by atoms with Crippen molar-refractivity contribution in [3.8, 4) is 0 Å². The molecule has 6 aliphatic rings. The fourth-order valence-electron chi connectivity index (χ4n) is 15.4. The van der Waals surface area contributed by atoms with Gasteiger partial charge in [-0.25, -0.2) is 0 Å². The van der Waals surface area contributed by atoms with Crippen LogP contribution in [0.25, 0.3) is 0 Å². The average molecular weight is 1410 g/mol. The molecule has 4 aliphatic heterocycles. The molecule has 3 unspecified atom stereocenters. The second-order valence-corrected chi connectivity index (χ2v) is 30.4. The van der Waals surface area contributed by atoms with Gasteiger partial charge in [-0.15, -0.1) is 11.6 Å². The predicted molar refractivity (Wildman–Crippen MR) is 363 cm³/mol. The van der Waals surface area contributed by atoms with Crippen LogP contribution in [0.15, 0.2) is 0 Å². The lowest BCUT2D eigenvalue weighted by atomic mass is 9.78. The first kappa shape index (κ1) is 80.7. The molecule has 2 saturated carbocycles. The van der Waals surface area contributed by atoms with Crippen molar-refractivity contribution >= 4 is 82.5 Å². The summed E-state index contributed by atoms with van der Waals surface area (Å²) in [7, 11) is 8.59. The number of fused-ring (bicyclic) bond motifs is 2. The Balaban J connectivity index is 1.41.